The van der Waals surface area contributed by atoms with Crippen molar-refractivity contribution in [2.75, 3.05) is 26.2 Å². The molecule has 0 aliphatic carbocycles. The molecule has 2 aliphatic rings. The maximum Gasteiger partial charge on any atom is 0.337 e. The van der Waals surface area contributed by atoms with Crippen LogP contribution >= 0.6 is 0 Å². The number of hydrogen-bond donors (Lipinski definition) is 1. The van der Waals surface area contributed by atoms with Crippen LogP contribution in [0.1, 0.15) is 67.2 Å². The molecule has 3 amide bonds. The molecule has 0 saturated carbocycles. The van der Waals surface area contributed by atoms with Crippen LogP contribution < -0.4 is 0 Å². The van der Waals surface area contributed by atoms with Crippen molar-refractivity contribution in [2.45, 2.75) is 73.3 Å². The lowest BCUT2D eigenvalue weighted by Crippen LogP contribution is -2.52. The summed E-state index contributed by atoms with van der Waals surface area (Å²) in [5.74, 6) is -1.01. The van der Waals surface area contributed by atoms with Crippen molar-refractivity contribution in [3.05, 3.63) is 57.6 Å². The van der Waals surface area contributed by atoms with E-state index in [1.807, 2.05) is 70.7 Å². The lowest BCUT2D eigenvalue weighted by atomic mass is 9.83. The number of fused-ring (bicyclic) bond motifs is 1. The number of nitrogens with zero attached hydrogens (tertiary/aromatic N) is 3. The normalized spacial score (nSPS) is 16.4. The van der Waals surface area contributed by atoms with Crippen LogP contribution in [0.4, 0.5) is 4.79 Å². The summed E-state index contributed by atoms with van der Waals surface area (Å²) in [6.07, 6.45) is -1.15. The fraction of sp³-hybridized carbons (Fsp3) is 0.500. The lowest BCUT2D eigenvalue weighted by Gasteiger charge is -2.36. The molecule has 0 unspecified atom stereocenters. The third-order valence-electron chi connectivity index (χ3n) is 7.58. The van der Waals surface area contributed by atoms with Gasteiger partial charge in [-0.1, -0.05) is 29.8 Å². The Balaban J connectivity index is 1.77. The van der Waals surface area contributed by atoms with Gasteiger partial charge in [-0.25, -0.2) is 9.59 Å². The molecule has 2 aromatic rings. The first-order valence-electron chi connectivity index (χ1n) is 13.2. The predicted molar refractivity (Wildman–Crippen MR) is 146 cm³/mol. The topological polar surface area (TPSA) is 90.4 Å². The first-order valence-corrected chi connectivity index (χ1v) is 13.2. The molecule has 2 aliphatic heterocycles. The zero-order valence-corrected chi connectivity index (χ0v) is 23.6. The number of aryl methyl sites for hydroxylation is 1. The van der Waals surface area contributed by atoms with Crippen molar-refractivity contribution < 1.29 is 24.2 Å². The van der Waals surface area contributed by atoms with Gasteiger partial charge in [0.2, 0.25) is 5.91 Å². The minimum atomic E-state index is -1.15. The molecule has 4 rings (SSSR count). The number of carboxylic acids is 1. The Hall–Kier alpha value is -3.39. The van der Waals surface area contributed by atoms with E-state index in [0.717, 1.165) is 38.9 Å². The Morgan fingerprint density at radius 2 is 1.37 bits per heavy atom. The van der Waals surface area contributed by atoms with E-state index in [-0.39, 0.29) is 11.9 Å². The number of aliphatic carboxylic acids is 1. The van der Waals surface area contributed by atoms with Crippen molar-refractivity contribution in [1.29, 1.82) is 0 Å². The summed E-state index contributed by atoms with van der Waals surface area (Å²) in [6, 6.07) is 8.04. The van der Waals surface area contributed by atoms with Gasteiger partial charge in [0.1, 0.15) is 0 Å². The number of carbonyl (C=O) groups excluding carboxylic acids is 2. The summed E-state index contributed by atoms with van der Waals surface area (Å²) >= 11 is 0. The van der Waals surface area contributed by atoms with Gasteiger partial charge in [-0.3, -0.25) is 4.79 Å². The van der Waals surface area contributed by atoms with Crippen LogP contribution in [0.25, 0.3) is 11.1 Å². The van der Waals surface area contributed by atoms with Crippen LogP contribution in [-0.2, 0) is 27.4 Å². The van der Waals surface area contributed by atoms with Gasteiger partial charge in [0.15, 0.2) is 6.10 Å². The number of urea groups is 1. The monoisotopic (exact) mass is 521 g/mol. The molecule has 0 spiro atoms. The summed E-state index contributed by atoms with van der Waals surface area (Å²) in [5.41, 5.74) is 6.79. The number of rotatable bonds is 4. The highest BCUT2D eigenvalue weighted by molar-refractivity contribution is 5.85. The van der Waals surface area contributed by atoms with Crippen LogP contribution in [0.3, 0.4) is 0 Å². The molecular weight excluding hydrogens is 482 g/mol. The second-order valence-corrected chi connectivity index (χ2v) is 11.4. The maximum atomic E-state index is 13.5. The van der Waals surface area contributed by atoms with Crippen LogP contribution in [-0.4, -0.2) is 69.5 Å². The SMILES string of the molecule is CC(=O)N1CCN(C(=O)N2Cc3c(C)c(-c4ccc(C)cc4)c([C@H](OC(C)(C)C)C(=O)O)c(C)c3C2)CC1. The quantitative estimate of drug-likeness (QED) is 0.623. The number of benzene rings is 2. The molecule has 0 bridgehead atoms. The van der Waals surface area contributed by atoms with E-state index in [2.05, 4.69) is 0 Å². The Morgan fingerprint density at radius 1 is 0.842 bits per heavy atom. The van der Waals surface area contributed by atoms with Crippen LogP contribution in [0.5, 0.6) is 0 Å². The van der Waals surface area contributed by atoms with Gasteiger partial charge in [-0.15, -0.1) is 0 Å². The largest absolute Gasteiger partial charge is 0.479 e. The van der Waals surface area contributed by atoms with Crippen molar-refractivity contribution in [3.63, 3.8) is 0 Å². The van der Waals surface area contributed by atoms with Crippen LogP contribution in [0.15, 0.2) is 24.3 Å². The fourth-order valence-electron chi connectivity index (χ4n) is 5.58. The Kier molecular flexibility index (Phi) is 7.57. The van der Waals surface area contributed by atoms with Crippen molar-refractivity contribution in [2.24, 2.45) is 0 Å². The van der Waals surface area contributed by atoms with Gasteiger partial charge in [0.25, 0.3) is 0 Å². The summed E-state index contributed by atoms with van der Waals surface area (Å²) < 4.78 is 6.15. The fourth-order valence-corrected chi connectivity index (χ4v) is 5.58. The van der Waals surface area contributed by atoms with Gasteiger partial charge in [0.05, 0.1) is 5.60 Å². The molecule has 1 atom stereocenters. The van der Waals surface area contributed by atoms with Gasteiger partial charge < -0.3 is 24.5 Å². The highest BCUT2D eigenvalue weighted by Gasteiger charge is 2.37. The summed E-state index contributed by atoms with van der Waals surface area (Å²) in [4.78, 5) is 43.2. The standard InChI is InChI=1S/C30H39N3O5/c1-18-8-10-22(11-9-18)25-19(2)23-16-33(29(37)32-14-12-31(13-15-32)21(4)34)17-24(23)20(3)26(25)27(28(35)36)38-30(5,6)7/h8-11,27H,12-17H2,1-7H3,(H,35,36)/t27-/m0/s1. The van der Waals surface area contributed by atoms with Gasteiger partial charge >= 0.3 is 12.0 Å². The van der Waals surface area contributed by atoms with Crippen molar-refractivity contribution in [1.82, 2.24) is 14.7 Å². The second-order valence-electron chi connectivity index (χ2n) is 11.4. The highest BCUT2D eigenvalue weighted by atomic mass is 16.5. The van der Waals surface area contributed by atoms with E-state index in [1.54, 1.807) is 16.7 Å². The van der Waals surface area contributed by atoms with Crippen molar-refractivity contribution in [3.8, 4) is 11.1 Å². The molecule has 0 aromatic heterocycles. The van der Waals surface area contributed by atoms with Gasteiger partial charge in [-0.05, 0) is 74.9 Å². The Morgan fingerprint density at radius 3 is 1.87 bits per heavy atom. The molecule has 1 saturated heterocycles. The maximum absolute atomic E-state index is 13.5. The Bertz CT molecular complexity index is 1250. The molecule has 8 nitrogen and oxygen atoms in total. The molecule has 1 fully saturated rings. The number of carbonyl (C=O) groups is 3. The first-order chi connectivity index (χ1) is 17.8. The zero-order valence-electron chi connectivity index (χ0n) is 23.6. The van der Waals surface area contributed by atoms with Gasteiger partial charge in [0, 0.05) is 51.8 Å². The number of hydrogen-bond acceptors (Lipinski definition) is 4. The van der Waals surface area contributed by atoms with E-state index in [0.29, 0.717) is 44.8 Å². The number of carboxylic acid groups (broad SMARTS) is 1. The summed E-state index contributed by atoms with van der Waals surface area (Å²) in [5, 5.41) is 10.3. The zero-order chi connectivity index (χ0) is 27.9. The van der Waals surface area contributed by atoms with E-state index >= 15 is 0 Å². The van der Waals surface area contributed by atoms with Crippen LogP contribution in [0, 0.1) is 20.8 Å². The first kappa shape index (κ1) is 27.6. The third kappa shape index (κ3) is 5.41. The molecule has 8 heteroatoms. The number of ether oxygens (including phenoxy) is 1. The number of piperazine rings is 1. The average Bonchev–Trinajstić information content (AvgIpc) is 3.31. The second kappa shape index (κ2) is 10.4. The minimum absolute atomic E-state index is 0.0264. The van der Waals surface area contributed by atoms with E-state index in [1.165, 1.54) is 0 Å². The summed E-state index contributed by atoms with van der Waals surface area (Å²) in [6.45, 7) is 16.1. The molecule has 204 valence electrons. The van der Waals surface area contributed by atoms with Crippen LogP contribution in [0.2, 0.25) is 0 Å². The average molecular weight is 522 g/mol. The lowest BCUT2D eigenvalue weighted by molar-refractivity contribution is -0.160. The van der Waals surface area contributed by atoms with Crippen molar-refractivity contribution >= 4 is 17.9 Å². The smallest absolute Gasteiger partial charge is 0.337 e. The van der Waals surface area contributed by atoms with E-state index in [4.69, 9.17) is 4.74 Å². The predicted octanol–water partition coefficient (Wildman–Crippen LogP) is 4.82. The molecule has 2 aromatic carbocycles. The molecule has 0 radical (unpaired) electrons. The minimum Gasteiger partial charge on any atom is -0.479 e. The molecule has 38 heavy (non-hydrogen) atoms. The van der Waals surface area contributed by atoms with E-state index < -0.39 is 17.7 Å². The molecular formula is C30H39N3O5. The van der Waals surface area contributed by atoms with Gasteiger partial charge in [-0.2, -0.15) is 0 Å². The number of amides is 3. The molecule has 1 N–H and O–H groups in total. The molecule has 2 heterocycles. The Labute approximate surface area is 225 Å². The summed E-state index contributed by atoms with van der Waals surface area (Å²) in [7, 11) is 0. The third-order valence-corrected chi connectivity index (χ3v) is 7.58. The highest BCUT2D eigenvalue weighted by Crippen LogP contribution is 2.43. The van der Waals surface area contributed by atoms with E-state index in [9.17, 15) is 19.5 Å².